The van der Waals surface area contributed by atoms with Crippen molar-refractivity contribution in [3.8, 4) is 17.2 Å². The van der Waals surface area contributed by atoms with Crippen LogP contribution in [0.15, 0.2) is 52.9 Å². The topological polar surface area (TPSA) is 82.8 Å². The first-order valence-corrected chi connectivity index (χ1v) is 11.4. The lowest BCUT2D eigenvalue weighted by molar-refractivity contribution is 0.229. The Bertz CT molecular complexity index is 995. The fourth-order valence-corrected chi connectivity index (χ4v) is 4.47. The first-order valence-electron chi connectivity index (χ1n) is 9.52. The second-order valence-electron chi connectivity index (χ2n) is 6.21. The molecule has 0 atom stereocenters. The predicted octanol–water partition coefficient (Wildman–Crippen LogP) is 5.51. The Hall–Kier alpha value is -2.31. The van der Waals surface area contributed by atoms with E-state index in [4.69, 9.17) is 29.8 Å². The lowest BCUT2D eigenvalue weighted by atomic mass is 10.2. The summed E-state index contributed by atoms with van der Waals surface area (Å²) in [7, 11) is -2.05. The molecule has 0 bridgehead atoms. The molecular weight excluding hydrogens is 427 g/mol. The normalized spacial score (nSPS) is 11.5. The minimum atomic E-state index is -3.67. The number of rotatable bonds is 10. The highest BCUT2D eigenvalue weighted by Gasteiger charge is 2.35. The van der Waals surface area contributed by atoms with Crippen LogP contribution in [-0.4, -0.2) is 25.3 Å². The van der Waals surface area contributed by atoms with Crippen LogP contribution >= 0.6 is 19.2 Å². The van der Waals surface area contributed by atoms with Crippen molar-refractivity contribution in [2.75, 3.05) is 25.6 Å². The summed E-state index contributed by atoms with van der Waals surface area (Å²) in [6.07, 6.45) is 0. The van der Waals surface area contributed by atoms with Crippen LogP contribution in [0.2, 0.25) is 5.02 Å². The van der Waals surface area contributed by atoms with Crippen molar-refractivity contribution in [2.24, 2.45) is 0 Å². The fourth-order valence-electron chi connectivity index (χ4n) is 2.75. The summed E-state index contributed by atoms with van der Waals surface area (Å²) < 4.78 is 35.5. The van der Waals surface area contributed by atoms with Gasteiger partial charge in [0.1, 0.15) is 5.75 Å². The summed E-state index contributed by atoms with van der Waals surface area (Å²) in [5, 5.41) is 3.76. The Labute approximate surface area is 180 Å². The molecular formula is C21H24ClN2O5P. The largest absolute Gasteiger partial charge is 0.497 e. The van der Waals surface area contributed by atoms with Crippen molar-refractivity contribution in [3.63, 3.8) is 0 Å². The number of aromatic nitrogens is 1. The van der Waals surface area contributed by atoms with Gasteiger partial charge in [0.2, 0.25) is 17.2 Å². The molecule has 7 nitrogen and oxygen atoms in total. The summed E-state index contributed by atoms with van der Waals surface area (Å²) >= 11 is 5.97. The molecule has 0 amide bonds. The molecule has 0 fully saturated rings. The number of benzene rings is 2. The maximum Gasteiger partial charge on any atom is 0.385 e. The maximum absolute atomic E-state index is 13.4. The van der Waals surface area contributed by atoms with Gasteiger partial charge in [-0.2, -0.15) is 4.98 Å². The van der Waals surface area contributed by atoms with E-state index >= 15 is 0 Å². The van der Waals surface area contributed by atoms with E-state index in [0.29, 0.717) is 23.0 Å². The van der Waals surface area contributed by atoms with E-state index in [0.717, 1.165) is 11.3 Å². The van der Waals surface area contributed by atoms with E-state index in [1.165, 1.54) is 0 Å². The summed E-state index contributed by atoms with van der Waals surface area (Å²) in [5.74, 6) is 1.29. The molecule has 0 aliphatic rings. The zero-order chi connectivity index (χ0) is 21.6. The molecule has 0 radical (unpaired) electrons. The van der Waals surface area contributed by atoms with E-state index in [2.05, 4.69) is 10.3 Å². The Morgan fingerprint density at radius 3 is 2.23 bits per heavy atom. The summed E-state index contributed by atoms with van der Waals surface area (Å²) in [5.41, 5.74) is 1.79. The van der Waals surface area contributed by atoms with E-state index < -0.39 is 7.60 Å². The molecule has 2 aromatic carbocycles. The van der Waals surface area contributed by atoms with Gasteiger partial charge in [-0.3, -0.25) is 4.57 Å². The molecule has 0 aliphatic heterocycles. The van der Waals surface area contributed by atoms with Gasteiger partial charge in [-0.15, -0.1) is 0 Å². The van der Waals surface area contributed by atoms with Crippen LogP contribution in [0.3, 0.4) is 0 Å². The average Bonchev–Trinajstić information content (AvgIpc) is 3.18. The minimum Gasteiger partial charge on any atom is -0.497 e. The van der Waals surface area contributed by atoms with E-state index in [1.807, 2.05) is 24.3 Å². The molecule has 160 valence electrons. The maximum atomic E-state index is 13.4. The van der Waals surface area contributed by atoms with Crippen LogP contribution in [0.1, 0.15) is 19.4 Å². The van der Waals surface area contributed by atoms with Crippen molar-refractivity contribution in [3.05, 3.63) is 59.1 Å². The number of hydrogen-bond donors (Lipinski definition) is 1. The van der Waals surface area contributed by atoms with Gasteiger partial charge in [-0.25, -0.2) is 0 Å². The monoisotopic (exact) mass is 450 g/mol. The molecule has 0 spiro atoms. The Balaban J connectivity index is 1.95. The minimum absolute atomic E-state index is 0.115. The Morgan fingerprint density at radius 2 is 1.67 bits per heavy atom. The van der Waals surface area contributed by atoms with Crippen molar-refractivity contribution in [1.82, 2.24) is 4.98 Å². The van der Waals surface area contributed by atoms with Crippen molar-refractivity contribution in [1.29, 1.82) is 0 Å². The van der Waals surface area contributed by atoms with Crippen LogP contribution in [0.5, 0.6) is 5.75 Å². The van der Waals surface area contributed by atoms with Gasteiger partial charge in [0.25, 0.3) is 0 Å². The van der Waals surface area contributed by atoms with Gasteiger partial charge in [0, 0.05) is 17.1 Å². The Kier molecular flexibility index (Phi) is 7.56. The third kappa shape index (κ3) is 5.24. The van der Waals surface area contributed by atoms with E-state index in [-0.39, 0.29) is 24.5 Å². The first-order chi connectivity index (χ1) is 14.5. The number of anilines is 1. The van der Waals surface area contributed by atoms with E-state index in [1.54, 1.807) is 45.2 Å². The second kappa shape index (κ2) is 10.1. The number of hydrogen-bond acceptors (Lipinski definition) is 7. The molecule has 3 rings (SSSR count). The number of nitrogens with one attached hydrogen (secondary N) is 1. The smallest absolute Gasteiger partial charge is 0.385 e. The molecule has 3 aromatic rings. The summed E-state index contributed by atoms with van der Waals surface area (Å²) in [6.45, 7) is 4.33. The number of halogens is 1. The molecule has 0 saturated heterocycles. The van der Waals surface area contributed by atoms with Crippen molar-refractivity contribution >= 4 is 30.5 Å². The zero-order valence-corrected chi connectivity index (χ0v) is 18.7. The number of methoxy groups -OCH3 is 1. The van der Waals surface area contributed by atoms with Gasteiger partial charge in [0.05, 0.1) is 20.3 Å². The molecule has 1 heterocycles. The van der Waals surface area contributed by atoms with Crippen LogP contribution in [0, 0.1) is 0 Å². The lowest BCUT2D eigenvalue weighted by Gasteiger charge is -2.15. The lowest BCUT2D eigenvalue weighted by Crippen LogP contribution is -2.16. The molecule has 1 N–H and O–H groups in total. The number of ether oxygens (including phenoxy) is 1. The highest BCUT2D eigenvalue weighted by molar-refractivity contribution is 7.62. The highest BCUT2D eigenvalue weighted by Crippen LogP contribution is 2.49. The van der Waals surface area contributed by atoms with E-state index in [9.17, 15) is 4.57 Å². The SMILES string of the molecule is CCOP(=O)(OCC)c1nc(-c2ccc(Cl)cc2)oc1NCc1ccc(OC)cc1. The van der Waals surface area contributed by atoms with Crippen LogP contribution < -0.4 is 15.5 Å². The second-order valence-corrected chi connectivity index (χ2v) is 8.58. The summed E-state index contributed by atoms with van der Waals surface area (Å²) in [6, 6.07) is 14.6. The van der Waals surface area contributed by atoms with Crippen LogP contribution in [0.25, 0.3) is 11.5 Å². The zero-order valence-electron chi connectivity index (χ0n) is 17.1. The Morgan fingerprint density at radius 1 is 1.03 bits per heavy atom. The van der Waals surface area contributed by atoms with Crippen molar-refractivity contribution < 1.29 is 22.8 Å². The van der Waals surface area contributed by atoms with Crippen LogP contribution in [0.4, 0.5) is 5.88 Å². The predicted molar refractivity (Wildman–Crippen MR) is 118 cm³/mol. The van der Waals surface area contributed by atoms with Gasteiger partial charge in [0.15, 0.2) is 0 Å². The third-order valence-electron chi connectivity index (χ3n) is 4.17. The average molecular weight is 451 g/mol. The van der Waals surface area contributed by atoms with Crippen LogP contribution in [-0.2, 0) is 20.2 Å². The highest BCUT2D eigenvalue weighted by atomic mass is 35.5. The van der Waals surface area contributed by atoms with Gasteiger partial charge < -0.3 is 23.5 Å². The molecule has 0 aliphatic carbocycles. The standard InChI is InChI=1S/C21H24ClN2O5P/c1-4-27-30(25,28-5-2)21-20(23-14-15-6-12-18(26-3)13-7-15)29-19(24-21)16-8-10-17(22)11-9-16/h6-13,23H,4-5,14H2,1-3H3. The van der Waals surface area contributed by atoms with Gasteiger partial charge >= 0.3 is 7.60 Å². The number of nitrogens with zero attached hydrogens (tertiary/aromatic N) is 1. The van der Waals surface area contributed by atoms with Crippen molar-refractivity contribution in [2.45, 2.75) is 20.4 Å². The number of oxazole rings is 1. The summed E-state index contributed by atoms with van der Waals surface area (Å²) in [4.78, 5) is 4.45. The molecule has 9 heteroatoms. The molecule has 1 aromatic heterocycles. The molecule has 0 unspecified atom stereocenters. The first kappa shape index (κ1) is 22.4. The van der Waals surface area contributed by atoms with Gasteiger partial charge in [-0.05, 0) is 55.8 Å². The quantitative estimate of drug-likeness (QED) is 0.408. The fraction of sp³-hybridized carbons (Fsp3) is 0.286. The molecule has 30 heavy (non-hydrogen) atoms. The van der Waals surface area contributed by atoms with Gasteiger partial charge in [-0.1, -0.05) is 23.7 Å². The molecule has 0 saturated carbocycles. The third-order valence-corrected chi connectivity index (χ3v) is 6.44.